The predicted octanol–water partition coefficient (Wildman–Crippen LogP) is 3.66. The van der Waals surface area contributed by atoms with Gasteiger partial charge in [0.05, 0.1) is 0 Å². The van der Waals surface area contributed by atoms with E-state index in [1.54, 1.807) is 12.1 Å². The molecule has 1 aromatic carbocycles. The molecule has 0 fully saturated rings. The fraction of sp³-hybridized carbons (Fsp3) is 0.125. The molecule has 0 aliphatic rings. The Labute approximate surface area is 136 Å². The van der Waals surface area contributed by atoms with Crippen LogP contribution >= 0.6 is 11.6 Å². The van der Waals surface area contributed by atoms with Crippen LogP contribution in [0, 0.1) is 0 Å². The summed E-state index contributed by atoms with van der Waals surface area (Å²) < 4.78 is 7.29. The van der Waals surface area contributed by atoms with Gasteiger partial charge in [-0.3, -0.25) is 4.40 Å². The number of rotatable bonds is 3. The molecule has 0 unspecified atom stereocenters. The van der Waals surface area contributed by atoms with Crippen LogP contribution in [0.2, 0.25) is 5.02 Å². The molecule has 0 N–H and O–H groups in total. The second-order valence-electron chi connectivity index (χ2n) is 5.05. The quantitative estimate of drug-likeness (QED) is 0.575. The van der Waals surface area contributed by atoms with Crippen LogP contribution < -0.4 is 0 Å². The molecule has 0 spiro atoms. The predicted molar refractivity (Wildman–Crippen MR) is 86.1 cm³/mol. The molecule has 4 aromatic rings. The third kappa shape index (κ3) is 2.47. The maximum Gasteiger partial charge on any atom is 0.258 e. The number of nitrogens with zero attached hydrogens (tertiary/aromatic N) is 5. The van der Waals surface area contributed by atoms with E-state index in [0.717, 1.165) is 29.0 Å². The molecule has 0 radical (unpaired) electrons. The van der Waals surface area contributed by atoms with Gasteiger partial charge in [0.2, 0.25) is 5.82 Å². The minimum atomic E-state index is 0.455. The van der Waals surface area contributed by atoms with Crippen LogP contribution in [0.3, 0.4) is 0 Å². The molecule has 3 aromatic heterocycles. The SMILES string of the molecule is CCc1nnc2ccc(-c3noc(-c4ccc(Cl)cc4)n3)cn12. The molecule has 0 amide bonds. The number of aromatic nitrogens is 5. The molecule has 7 heteroatoms. The normalized spacial score (nSPS) is 11.2. The van der Waals surface area contributed by atoms with Gasteiger partial charge in [-0.05, 0) is 36.4 Å². The molecule has 0 saturated heterocycles. The number of benzene rings is 1. The highest BCUT2D eigenvalue weighted by Crippen LogP contribution is 2.24. The lowest BCUT2D eigenvalue weighted by Gasteiger charge is -1.99. The molecular weight excluding hydrogens is 314 g/mol. The van der Waals surface area contributed by atoms with Crippen molar-refractivity contribution in [2.75, 3.05) is 0 Å². The molecule has 0 saturated carbocycles. The van der Waals surface area contributed by atoms with E-state index in [2.05, 4.69) is 20.3 Å². The number of fused-ring (bicyclic) bond motifs is 1. The van der Waals surface area contributed by atoms with Crippen LogP contribution in [0.1, 0.15) is 12.7 Å². The van der Waals surface area contributed by atoms with Crippen molar-refractivity contribution in [3.63, 3.8) is 0 Å². The summed E-state index contributed by atoms with van der Waals surface area (Å²) in [6.07, 6.45) is 2.72. The zero-order valence-corrected chi connectivity index (χ0v) is 13.0. The fourth-order valence-electron chi connectivity index (χ4n) is 2.36. The molecule has 4 rings (SSSR count). The number of aryl methyl sites for hydroxylation is 1. The molecule has 0 aliphatic heterocycles. The lowest BCUT2D eigenvalue weighted by atomic mass is 10.2. The summed E-state index contributed by atoms with van der Waals surface area (Å²) in [4.78, 5) is 4.45. The van der Waals surface area contributed by atoms with E-state index in [1.165, 1.54) is 0 Å². The van der Waals surface area contributed by atoms with Gasteiger partial charge >= 0.3 is 0 Å². The Balaban J connectivity index is 1.75. The van der Waals surface area contributed by atoms with Crippen LogP contribution in [0.5, 0.6) is 0 Å². The molecule has 0 atom stereocenters. The first-order valence-corrected chi connectivity index (χ1v) is 7.56. The standard InChI is InChI=1S/C16H12ClN5O/c1-2-13-19-20-14-8-5-11(9-22(13)14)15-18-16(23-21-15)10-3-6-12(17)7-4-10/h3-9H,2H2,1H3. The van der Waals surface area contributed by atoms with E-state index in [1.807, 2.05) is 41.8 Å². The second-order valence-corrected chi connectivity index (χ2v) is 5.48. The second kappa shape index (κ2) is 5.48. The summed E-state index contributed by atoms with van der Waals surface area (Å²) >= 11 is 5.89. The summed E-state index contributed by atoms with van der Waals surface area (Å²) in [6.45, 7) is 2.04. The number of halogens is 1. The Morgan fingerprint density at radius 2 is 1.83 bits per heavy atom. The van der Waals surface area contributed by atoms with Gasteiger partial charge in [-0.2, -0.15) is 4.98 Å². The van der Waals surface area contributed by atoms with E-state index in [-0.39, 0.29) is 0 Å². The zero-order valence-electron chi connectivity index (χ0n) is 12.3. The molecule has 0 bridgehead atoms. The Hall–Kier alpha value is -2.73. The van der Waals surface area contributed by atoms with Crippen molar-refractivity contribution < 1.29 is 4.52 Å². The van der Waals surface area contributed by atoms with Crippen molar-refractivity contribution in [1.82, 2.24) is 24.7 Å². The number of hydrogen-bond acceptors (Lipinski definition) is 5. The van der Waals surface area contributed by atoms with Gasteiger partial charge in [0.15, 0.2) is 5.65 Å². The molecular formula is C16H12ClN5O. The first kappa shape index (κ1) is 13.9. The van der Waals surface area contributed by atoms with Gasteiger partial charge < -0.3 is 4.52 Å². The highest BCUT2D eigenvalue weighted by Gasteiger charge is 2.12. The largest absolute Gasteiger partial charge is 0.334 e. The highest BCUT2D eigenvalue weighted by atomic mass is 35.5. The van der Waals surface area contributed by atoms with Crippen molar-refractivity contribution in [1.29, 1.82) is 0 Å². The van der Waals surface area contributed by atoms with Crippen molar-refractivity contribution in [3.05, 3.63) is 53.4 Å². The van der Waals surface area contributed by atoms with E-state index >= 15 is 0 Å². The maximum absolute atomic E-state index is 5.89. The summed E-state index contributed by atoms with van der Waals surface area (Å²) in [6, 6.07) is 11.1. The van der Waals surface area contributed by atoms with Crippen LogP contribution in [0.4, 0.5) is 0 Å². The summed E-state index contributed by atoms with van der Waals surface area (Å²) in [5.74, 6) is 1.87. The number of hydrogen-bond donors (Lipinski definition) is 0. The van der Waals surface area contributed by atoms with Crippen LogP contribution in [0.15, 0.2) is 47.1 Å². The van der Waals surface area contributed by atoms with Gasteiger partial charge in [0.1, 0.15) is 5.82 Å². The van der Waals surface area contributed by atoms with Crippen LogP contribution in [0.25, 0.3) is 28.5 Å². The monoisotopic (exact) mass is 325 g/mol. The topological polar surface area (TPSA) is 69.1 Å². The van der Waals surface area contributed by atoms with Gasteiger partial charge in [0, 0.05) is 28.8 Å². The minimum absolute atomic E-state index is 0.455. The lowest BCUT2D eigenvalue weighted by Crippen LogP contribution is -1.93. The van der Waals surface area contributed by atoms with E-state index < -0.39 is 0 Å². The van der Waals surface area contributed by atoms with Gasteiger partial charge in [-0.15, -0.1) is 10.2 Å². The Bertz CT molecular complexity index is 974. The summed E-state index contributed by atoms with van der Waals surface area (Å²) in [5.41, 5.74) is 2.47. The smallest absolute Gasteiger partial charge is 0.258 e. The molecule has 3 heterocycles. The average molecular weight is 326 g/mol. The van der Waals surface area contributed by atoms with Crippen molar-refractivity contribution in [2.45, 2.75) is 13.3 Å². The molecule has 0 aliphatic carbocycles. The van der Waals surface area contributed by atoms with Gasteiger partial charge in [-0.1, -0.05) is 23.7 Å². The first-order chi connectivity index (χ1) is 11.2. The third-order valence-corrected chi connectivity index (χ3v) is 3.82. The summed E-state index contributed by atoms with van der Waals surface area (Å²) in [7, 11) is 0. The maximum atomic E-state index is 5.89. The Morgan fingerprint density at radius 3 is 2.61 bits per heavy atom. The van der Waals surface area contributed by atoms with Crippen molar-refractivity contribution >= 4 is 17.2 Å². The Kier molecular flexibility index (Phi) is 3.31. The lowest BCUT2D eigenvalue weighted by molar-refractivity contribution is 0.432. The molecule has 23 heavy (non-hydrogen) atoms. The third-order valence-electron chi connectivity index (χ3n) is 3.56. The Morgan fingerprint density at radius 1 is 1.04 bits per heavy atom. The minimum Gasteiger partial charge on any atom is -0.334 e. The van der Waals surface area contributed by atoms with Crippen molar-refractivity contribution in [2.24, 2.45) is 0 Å². The van der Waals surface area contributed by atoms with E-state index in [4.69, 9.17) is 16.1 Å². The van der Waals surface area contributed by atoms with Crippen molar-refractivity contribution in [3.8, 4) is 22.8 Å². The fourth-order valence-corrected chi connectivity index (χ4v) is 2.49. The van der Waals surface area contributed by atoms with E-state index in [9.17, 15) is 0 Å². The summed E-state index contributed by atoms with van der Waals surface area (Å²) in [5, 5.41) is 13.0. The zero-order chi connectivity index (χ0) is 15.8. The van der Waals surface area contributed by atoms with Gasteiger partial charge in [0.25, 0.3) is 5.89 Å². The van der Waals surface area contributed by atoms with Crippen LogP contribution in [-0.2, 0) is 6.42 Å². The number of pyridine rings is 1. The van der Waals surface area contributed by atoms with Crippen LogP contribution in [-0.4, -0.2) is 24.7 Å². The van der Waals surface area contributed by atoms with E-state index in [0.29, 0.717) is 16.7 Å². The highest BCUT2D eigenvalue weighted by molar-refractivity contribution is 6.30. The molecule has 114 valence electrons. The van der Waals surface area contributed by atoms with Gasteiger partial charge in [-0.25, -0.2) is 0 Å². The average Bonchev–Trinajstić information content (AvgIpc) is 3.21. The molecule has 6 nitrogen and oxygen atoms in total. The first-order valence-electron chi connectivity index (χ1n) is 7.18.